The number of hydrogen-bond acceptors (Lipinski definition) is 0. The van der Waals surface area contributed by atoms with Crippen LogP contribution >= 0.6 is 0 Å². The minimum Gasteiger partial charge on any atom is -0.0654 e. The predicted octanol–water partition coefficient (Wildman–Crippen LogP) is 7.23. The van der Waals surface area contributed by atoms with E-state index in [9.17, 15) is 0 Å². The molecule has 0 aromatic carbocycles. The number of fused-ring (bicyclic) bond motifs is 5. The first-order chi connectivity index (χ1) is 11.1. The Hall–Kier alpha value is 0. The van der Waals surface area contributed by atoms with Crippen molar-refractivity contribution in [2.75, 3.05) is 0 Å². The van der Waals surface area contributed by atoms with E-state index in [0.29, 0.717) is 5.41 Å². The molecule has 0 bridgehead atoms. The van der Waals surface area contributed by atoms with Gasteiger partial charge in [0.05, 0.1) is 0 Å². The zero-order chi connectivity index (χ0) is 16.1. The van der Waals surface area contributed by atoms with Crippen molar-refractivity contribution in [1.29, 1.82) is 0 Å². The molecular formula is C23H40. The smallest absolute Gasteiger partial charge is 0.0266 e. The Bertz CT molecular complexity index is 426. The van der Waals surface area contributed by atoms with E-state index in [4.69, 9.17) is 0 Å². The van der Waals surface area contributed by atoms with Crippen molar-refractivity contribution in [3.63, 3.8) is 0 Å². The van der Waals surface area contributed by atoms with Crippen molar-refractivity contribution in [2.45, 2.75) is 104 Å². The molecule has 0 heterocycles. The molecular weight excluding hydrogens is 276 g/mol. The second-order valence-electron chi connectivity index (χ2n) is 10.4. The van der Waals surface area contributed by atoms with E-state index in [-0.39, 0.29) is 0 Å². The third kappa shape index (κ3) is 2.44. The van der Waals surface area contributed by atoms with Crippen LogP contribution in [0.25, 0.3) is 0 Å². The van der Waals surface area contributed by atoms with E-state index >= 15 is 0 Å². The molecule has 0 N–H and O–H groups in total. The zero-order valence-corrected chi connectivity index (χ0v) is 16.1. The molecule has 4 saturated carbocycles. The van der Waals surface area contributed by atoms with Gasteiger partial charge in [-0.1, -0.05) is 46.5 Å². The van der Waals surface area contributed by atoms with Crippen LogP contribution in [-0.2, 0) is 0 Å². The number of hydrogen-bond donors (Lipinski definition) is 0. The summed E-state index contributed by atoms with van der Waals surface area (Å²) in [4.78, 5) is 0. The molecule has 1 unspecified atom stereocenters. The van der Waals surface area contributed by atoms with E-state index in [2.05, 4.69) is 20.8 Å². The van der Waals surface area contributed by atoms with Gasteiger partial charge < -0.3 is 0 Å². The second kappa shape index (κ2) is 6.06. The van der Waals surface area contributed by atoms with Gasteiger partial charge in [0.25, 0.3) is 0 Å². The molecule has 4 rings (SSSR count). The van der Waals surface area contributed by atoms with Crippen LogP contribution < -0.4 is 0 Å². The first-order valence-electron chi connectivity index (χ1n) is 11.1. The third-order valence-electron chi connectivity index (χ3n) is 9.69. The summed E-state index contributed by atoms with van der Waals surface area (Å²) in [6.07, 6.45) is 20.0. The molecule has 4 aliphatic carbocycles. The van der Waals surface area contributed by atoms with Gasteiger partial charge in [-0.05, 0) is 98.2 Å². The Morgan fingerprint density at radius 1 is 0.783 bits per heavy atom. The van der Waals surface area contributed by atoms with Gasteiger partial charge in [-0.25, -0.2) is 0 Å². The third-order valence-corrected chi connectivity index (χ3v) is 9.69. The van der Waals surface area contributed by atoms with Gasteiger partial charge in [-0.15, -0.1) is 0 Å². The summed E-state index contributed by atoms with van der Waals surface area (Å²) >= 11 is 0. The fraction of sp³-hybridized carbons (Fsp3) is 1.00. The molecule has 0 aromatic rings. The molecule has 0 radical (unpaired) electrons. The van der Waals surface area contributed by atoms with Crippen LogP contribution in [-0.4, -0.2) is 0 Å². The molecule has 7 atom stereocenters. The molecule has 4 fully saturated rings. The van der Waals surface area contributed by atoms with Crippen LogP contribution in [0, 0.1) is 40.4 Å². The standard InChI is InChI=1S/C23H40/c1-4-5-8-17-11-13-20-19-12-10-18-9-6-7-15-22(18,2)21(19)14-16-23(17,20)3/h17-21H,4-16H2,1-3H3/t17-,18?,19-,20-,21-,22-,23+/m0/s1. The topological polar surface area (TPSA) is 0 Å². The average Bonchev–Trinajstić information content (AvgIpc) is 2.89. The highest BCUT2D eigenvalue weighted by Crippen LogP contribution is 2.67. The second-order valence-corrected chi connectivity index (χ2v) is 10.4. The zero-order valence-electron chi connectivity index (χ0n) is 16.1. The normalized spacial score (nSPS) is 52.6. The van der Waals surface area contributed by atoms with Crippen molar-refractivity contribution in [3.8, 4) is 0 Å². The lowest BCUT2D eigenvalue weighted by Gasteiger charge is -2.60. The Labute approximate surface area is 145 Å². The van der Waals surface area contributed by atoms with Crippen LogP contribution in [0.1, 0.15) is 104 Å². The average molecular weight is 317 g/mol. The fourth-order valence-electron chi connectivity index (χ4n) is 8.33. The summed E-state index contributed by atoms with van der Waals surface area (Å²) in [5.74, 6) is 5.41. The van der Waals surface area contributed by atoms with Crippen molar-refractivity contribution in [2.24, 2.45) is 40.4 Å². The lowest BCUT2D eigenvalue weighted by molar-refractivity contribution is -0.111. The van der Waals surface area contributed by atoms with Gasteiger partial charge >= 0.3 is 0 Å². The van der Waals surface area contributed by atoms with E-state index in [0.717, 1.165) is 35.0 Å². The maximum Gasteiger partial charge on any atom is -0.0266 e. The van der Waals surface area contributed by atoms with Gasteiger partial charge in [-0.3, -0.25) is 0 Å². The maximum absolute atomic E-state index is 2.72. The van der Waals surface area contributed by atoms with E-state index in [1.807, 2.05) is 0 Å². The van der Waals surface area contributed by atoms with Crippen molar-refractivity contribution in [1.82, 2.24) is 0 Å². The molecule has 23 heavy (non-hydrogen) atoms. The first-order valence-corrected chi connectivity index (χ1v) is 11.1. The summed E-state index contributed by atoms with van der Waals surface area (Å²) in [6.45, 7) is 7.81. The van der Waals surface area contributed by atoms with Crippen LogP contribution in [0.15, 0.2) is 0 Å². The summed E-state index contributed by atoms with van der Waals surface area (Å²) in [5.41, 5.74) is 1.44. The molecule has 132 valence electrons. The van der Waals surface area contributed by atoms with Crippen molar-refractivity contribution >= 4 is 0 Å². The molecule has 0 aromatic heterocycles. The van der Waals surface area contributed by atoms with Crippen LogP contribution in [0.3, 0.4) is 0 Å². The predicted molar refractivity (Wildman–Crippen MR) is 99.4 cm³/mol. The fourth-order valence-corrected chi connectivity index (χ4v) is 8.33. The van der Waals surface area contributed by atoms with E-state index in [1.54, 1.807) is 51.4 Å². The Kier molecular flexibility index (Phi) is 4.34. The SMILES string of the molecule is CCCC[C@H]1CC[C@H]2[C@@H]3CCC4CCCC[C@]4(C)[C@H]3CC[C@]12C. The van der Waals surface area contributed by atoms with Crippen LogP contribution in [0.2, 0.25) is 0 Å². The van der Waals surface area contributed by atoms with E-state index < -0.39 is 0 Å². The quantitative estimate of drug-likeness (QED) is 0.515. The maximum atomic E-state index is 2.72. The summed E-state index contributed by atoms with van der Waals surface area (Å²) in [7, 11) is 0. The number of rotatable bonds is 3. The van der Waals surface area contributed by atoms with Gasteiger partial charge in [0, 0.05) is 0 Å². The molecule has 0 spiro atoms. The summed E-state index contributed by atoms with van der Waals surface area (Å²) < 4.78 is 0. The summed E-state index contributed by atoms with van der Waals surface area (Å²) in [5, 5.41) is 0. The number of unbranched alkanes of at least 4 members (excludes halogenated alkanes) is 1. The van der Waals surface area contributed by atoms with Crippen LogP contribution in [0.5, 0.6) is 0 Å². The van der Waals surface area contributed by atoms with Crippen LogP contribution in [0.4, 0.5) is 0 Å². The molecule has 0 heteroatoms. The highest BCUT2D eigenvalue weighted by molar-refractivity contribution is 5.08. The Balaban J connectivity index is 1.55. The van der Waals surface area contributed by atoms with Gasteiger partial charge in [0.1, 0.15) is 0 Å². The molecule has 0 saturated heterocycles. The van der Waals surface area contributed by atoms with Gasteiger partial charge in [0.15, 0.2) is 0 Å². The minimum atomic E-state index is 0.716. The minimum absolute atomic E-state index is 0.716. The first kappa shape index (κ1) is 16.5. The molecule has 0 amide bonds. The molecule has 0 nitrogen and oxygen atoms in total. The van der Waals surface area contributed by atoms with Gasteiger partial charge in [0.2, 0.25) is 0 Å². The lowest BCUT2D eigenvalue weighted by Crippen LogP contribution is -2.52. The highest BCUT2D eigenvalue weighted by atomic mass is 14.6. The molecule has 0 aliphatic heterocycles. The molecule has 4 aliphatic rings. The lowest BCUT2D eigenvalue weighted by atomic mass is 9.45. The van der Waals surface area contributed by atoms with E-state index in [1.165, 1.54) is 32.1 Å². The Morgan fingerprint density at radius 2 is 1.61 bits per heavy atom. The highest BCUT2D eigenvalue weighted by Gasteiger charge is 2.59. The van der Waals surface area contributed by atoms with Gasteiger partial charge in [-0.2, -0.15) is 0 Å². The van der Waals surface area contributed by atoms with Crippen molar-refractivity contribution < 1.29 is 0 Å². The summed E-state index contributed by atoms with van der Waals surface area (Å²) in [6, 6.07) is 0. The monoisotopic (exact) mass is 316 g/mol. The Morgan fingerprint density at radius 3 is 2.43 bits per heavy atom. The largest absolute Gasteiger partial charge is 0.0654 e. The van der Waals surface area contributed by atoms with Crippen molar-refractivity contribution in [3.05, 3.63) is 0 Å².